The van der Waals surface area contributed by atoms with Gasteiger partial charge in [-0.25, -0.2) is 5.43 Å². The van der Waals surface area contributed by atoms with Gasteiger partial charge in [-0.3, -0.25) is 14.6 Å². The molecule has 0 radical (unpaired) electrons. The van der Waals surface area contributed by atoms with E-state index in [4.69, 9.17) is 4.74 Å². The van der Waals surface area contributed by atoms with E-state index < -0.39 is 5.91 Å². The van der Waals surface area contributed by atoms with E-state index >= 15 is 0 Å². The van der Waals surface area contributed by atoms with Crippen LogP contribution in [0.25, 0.3) is 0 Å². The summed E-state index contributed by atoms with van der Waals surface area (Å²) in [5.41, 5.74) is 3.56. The predicted molar refractivity (Wildman–Crippen MR) is 93.0 cm³/mol. The van der Waals surface area contributed by atoms with Crippen LogP contribution in [0, 0.1) is 0 Å². The average Bonchev–Trinajstić information content (AvgIpc) is 2.60. The second-order valence-electron chi connectivity index (χ2n) is 4.61. The summed E-state index contributed by atoms with van der Waals surface area (Å²) in [5.74, 6) is -0.0770. The summed E-state index contributed by atoms with van der Waals surface area (Å²) >= 11 is 3.37. The second kappa shape index (κ2) is 8.78. The number of rotatable bonds is 6. The molecule has 0 saturated heterocycles. The Bertz CT molecular complexity index is 750. The molecule has 2 amide bonds. The predicted octanol–water partition coefficient (Wildman–Crippen LogP) is 1.73. The number of hydrogen-bond acceptors (Lipinski definition) is 5. The third kappa shape index (κ3) is 5.17. The van der Waals surface area contributed by atoms with Gasteiger partial charge >= 0.3 is 0 Å². The van der Waals surface area contributed by atoms with E-state index in [0.717, 1.165) is 10.0 Å². The number of carbonyl (C=O) groups excluding carboxylic acids is 2. The molecule has 124 valence electrons. The maximum Gasteiger partial charge on any atom is 0.259 e. The molecule has 1 aromatic carbocycles. The van der Waals surface area contributed by atoms with E-state index in [1.807, 2.05) is 0 Å². The summed E-state index contributed by atoms with van der Waals surface area (Å²) in [6.45, 7) is -0.176. The van der Waals surface area contributed by atoms with Gasteiger partial charge in [0.25, 0.3) is 11.8 Å². The van der Waals surface area contributed by atoms with Gasteiger partial charge in [-0.05, 0) is 51.8 Å². The lowest BCUT2D eigenvalue weighted by molar-refractivity contribution is -0.120. The molecule has 1 aromatic heterocycles. The van der Waals surface area contributed by atoms with E-state index in [-0.39, 0.29) is 12.5 Å². The summed E-state index contributed by atoms with van der Waals surface area (Å²) in [7, 11) is 1.58. The molecule has 0 aliphatic heterocycles. The van der Waals surface area contributed by atoms with Gasteiger partial charge in [0.2, 0.25) is 0 Å². The van der Waals surface area contributed by atoms with Crippen molar-refractivity contribution in [2.24, 2.45) is 5.10 Å². The number of benzene rings is 1. The minimum atomic E-state index is -0.429. The number of amides is 2. The Hall–Kier alpha value is -2.74. The Morgan fingerprint density at radius 2 is 2.04 bits per heavy atom. The summed E-state index contributed by atoms with van der Waals surface area (Å²) in [4.78, 5) is 27.2. The molecule has 1 heterocycles. The number of methoxy groups -OCH3 is 1. The number of ether oxygens (including phenoxy) is 1. The maximum absolute atomic E-state index is 11.8. The number of halogens is 1. The molecule has 2 rings (SSSR count). The van der Waals surface area contributed by atoms with Crippen molar-refractivity contribution in [3.8, 4) is 5.75 Å². The fourth-order valence-electron chi connectivity index (χ4n) is 1.75. The first-order valence-electron chi connectivity index (χ1n) is 6.94. The molecular formula is C16H15BrN4O3. The van der Waals surface area contributed by atoms with Crippen molar-refractivity contribution in [1.82, 2.24) is 15.7 Å². The third-order valence-electron chi connectivity index (χ3n) is 2.93. The van der Waals surface area contributed by atoms with Crippen molar-refractivity contribution in [3.05, 3.63) is 58.3 Å². The highest BCUT2D eigenvalue weighted by atomic mass is 79.9. The Kier molecular flexibility index (Phi) is 6.44. The van der Waals surface area contributed by atoms with E-state index in [1.165, 1.54) is 18.6 Å². The SMILES string of the molecule is COc1ccc(/C=N/NC(=O)CNC(=O)c2ccncc2)cc1Br. The maximum atomic E-state index is 11.8. The number of hydrazone groups is 1. The molecule has 0 bridgehead atoms. The molecule has 0 saturated carbocycles. The minimum Gasteiger partial charge on any atom is -0.496 e. The number of aromatic nitrogens is 1. The molecule has 0 aliphatic rings. The number of carbonyl (C=O) groups is 2. The molecule has 0 aliphatic carbocycles. The van der Waals surface area contributed by atoms with Gasteiger partial charge in [0.15, 0.2) is 0 Å². The quantitative estimate of drug-likeness (QED) is 0.580. The monoisotopic (exact) mass is 390 g/mol. The van der Waals surface area contributed by atoms with Crippen LogP contribution in [0.2, 0.25) is 0 Å². The molecule has 8 heteroatoms. The highest BCUT2D eigenvalue weighted by Crippen LogP contribution is 2.24. The van der Waals surface area contributed by atoms with Crippen LogP contribution in [-0.2, 0) is 4.79 Å². The van der Waals surface area contributed by atoms with Gasteiger partial charge in [-0.2, -0.15) is 5.10 Å². The molecular weight excluding hydrogens is 376 g/mol. The van der Waals surface area contributed by atoms with Crippen molar-refractivity contribution >= 4 is 34.0 Å². The highest BCUT2D eigenvalue weighted by molar-refractivity contribution is 9.10. The third-order valence-corrected chi connectivity index (χ3v) is 3.55. The Morgan fingerprint density at radius 1 is 1.29 bits per heavy atom. The van der Waals surface area contributed by atoms with Crippen LogP contribution in [0.15, 0.2) is 52.3 Å². The van der Waals surface area contributed by atoms with Crippen LogP contribution < -0.4 is 15.5 Å². The smallest absolute Gasteiger partial charge is 0.259 e. The van der Waals surface area contributed by atoms with Crippen LogP contribution in [0.1, 0.15) is 15.9 Å². The molecule has 0 spiro atoms. The van der Waals surface area contributed by atoms with Crippen molar-refractivity contribution < 1.29 is 14.3 Å². The molecule has 7 nitrogen and oxygen atoms in total. The van der Waals surface area contributed by atoms with Crippen molar-refractivity contribution in [1.29, 1.82) is 0 Å². The average molecular weight is 391 g/mol. The fourth-order valence-corrected chi connectivity index (χ4v) is 2.31. The normalized spacial score (nSPS) is 10.4. The van der Waals surface area contributed by atoms with Gasteiger partial charge < -0.3 is 10.1 Å². The first kappa shape index (κ1) is 17.6. The van der Waals surface area contributed by atoms with E-state index in [1.54, 1.807) is 37.4 Å². The van der Waals surface area contributed by atoms with Gasteiger partial charge in [0.1, 0.15) is 5.75 Å². The van der Waals surface area contributed by atoms with Gasteiger partial charge in [0, 0.05) is 18.0 Å². The Morgan fingerprint density at radius 3 is 2.71 bits per heavy atom. The van der Waals surface area contributed by atoms with Gasteiger partial charge in [-0.15, -0.1) is 0 Å². The second-order valence-corrected chi connectivity index (χ2v) is 5.46. The zero-order valence-electron chi connectivity index (χ0n) is 12.8. The molecule has 0 fully saturated rings. The lowest BCUT2D eigenvalue weighted by Gasteiger charge is -2.04. The number of pyridine rings is 1. The van der Waals surface area contributed by atoms with Crippen molar-refractivity contribution in [3.63, 3.8) is 0 Å². The van der Waals surface area contributed by atoms with Crippen LogP contribution in [-0.4, -0.2) is 36.7 Å². The lowest BCUT2D eigenvalue weighted by atomic mass is 10.2. The van der Waals surface area contributed by atoms with Crippen molar-refractivity contribution in [2.45, 2.75) is 0 Å². The Labute approximate surface area is 147 Å². The van der Waals surface area contributed by atoms with Crippen LogP contribution in [0.4, 0.5) is 0 Å². The topological polar surface area (TPSA) is 92.7 Å². The van der Waals surface area contributed by atoms with E-state index in [0.29, 0.717) is 11.3 Å². The molecule has 0 atom stereocenters. The standard InChI is InChI=1S/C16H15BrN4O3/c1-24-14-3-2-11(8-13(14)17)9-20-21-15(22)10-19-16(23)12-4-6-18-7-5-12/h2-9H,10H2,1H3,(H,19,23)(H,21,22)/b20-9+. The first-order valence-corrected chi connectivity index (χ1v) is 7.73. The summed E-state index contributed by atoms with van der Waals surface area (Å²) in [6, 6.07) is 8.51. The summed E-state index contributed by atoms with van der Waals surface area (Å²) < 4.78 is 5.91. The Balaban J connectivity index is 1.80. The summed E-state index contributed by atoms with van der Waals surface area (Å²) in [5, 5.41) is 6.34. The first-order chi connectivity index (χ1) is 11.6. The molecule has 2 N–H and O–H groups in total. The highest BCUT2D eigenvalue weighted by Gasteiger charge is 2.06. The number of nitrogens with one attached hydrogen (secondary N) is 2. The fraction of sp³-hybridized carbons (Fsp3) is 0.125. The van der Waals surface area contributed by atoms with Gasteiger partial charge in [-0.1, -0.05) is 0 Å². The zero-order chi connectivity index (χ0) is 17.4. The van der Waals surface area contributed by atoms with Crippen LogP contribution in [0.3, 0.4) is 0 Å². The molecule has 2 aromatic rings. The number of hydrogen-bond donors (Lipinski definition) is 2. The summed E-state index contributed by atoms with van der Waals surface area (Å²) in [6.07, 6.45) is 4.51. The minimum absolute atomic E-state index is 0.176. The van der Waals surface area contributed by atoms with E-state index in [2.05, 4.69) is 36.8 Å². The molecule has 24 heavy (non-hydrogen) atoms. The zero-order valence-corrected chi connectivity index (χ0v) is 14.4. The van der Waals surface area contributed by atoms with E-state index in [9.17, 15) is 9.59 Å². The number of nitrogens with zero attached hydrogens (tertiary/aromatic N) is 2. The molecule has 0 unspecified atom stereocenters. The largest absolute Gasteiger partial charge is 0.496 e. The van der Waals surface area contributed by atoms with Crippen molar-refractivity contribution in [2.75, 3.05) is 13.7 Å². The lowest BCUT2D eigenvalue weighted by Crippen LogP contribution is -2.34. The van der Waals surface area contributed by atoms with Crippen LogP contribution in [0.5, 0.6) is 5.75 Å². The van der Waals surface area contributed by atoms with Crippen LogP contribution >= 0.6 is 15.9 Å². The van der Waals surface area contributed by atoms with Gasteiger partial charge in [0.05, 0.1) is 24.3 Å².